The van der Waals surface area contributed by atoms with Gasteiger partial charge in [0.25, 0.3) is 0 Å². The molecule has 4 heteroatoms. The van der Waals surface area contributed by atoms with E-state index in [-0.39, 0.29) is 68.9 Å². The van der Waals surface area contributed by atoms with Crippen molar-refractivity contribution < 1.29 is 78.8 Å². The molecular formula is C3H4BrCsO2. The second kappa shape index (κ2) is 6.13. The minimum absolute atomic E-state index is 0. The average Bonchev–Trinajstić information content (AvgIpc) is 1.36. The molecule has 0 aromatic rings. The Morgan fingerprint density at radius 3 is 2.00 bits per heavy atom. The van der Waals surface area contributed by atoms with E-state index in [1.54, 1.807) is 0 Å². The van der Waals surface area contributed by atoms with Crippen LogP contribution in [0.1, 0.15) is 6.92 Å². The third kappa shape index (κ3) is 8.00. The molecule has 0 spiro atoms. The third-order valence-corrected chi connectivity index (χ3v) is 0.699. The van der Waals surface area contributed by atoms with Crippen LogP contribution in [0.25, 0.3) is 0 Å². The molecule has 2 nitrogen and oxygen atoms in total. The fourth-order valence-corrected chi connectivity index (χ4v) is 0. The van der Waals surface area contributed by atoms with Crippen LogP contribution in [0.15, 0.2) is 0 Å². The Morgan fingerprint density at radius 1 is 1.86 bits per heavy atom. The van der Waals surface area contributed by atoms with Gasteiger partial charge in [0.15, 0.2) is 0 Å². The summed E-state index contributed by atoms with van der Waals surface area (Å²) in [5.41, 5.74) is 0. The predicted molar refractivity (Wildman–Crippen MR) is 23.4 cm³/mol. The second-order valence-electron chi connectivity index (χ2n) is 0.935. The van der Waals surface area contributed by atoms with Crippen LogP contribution in [-0.4, -0.2) is 10.8 Å². The Balaban J connectivity index is 0. The number of halogens is 1. The van der Waals surface area contributed by atoms with E-state index in [0.29, 0.717) is 0 Å². The van der Waals surface area contributed by atoms with Crippen LogP contribution in [0, 0.1) is 0 Å². The summed E-state index contributed by atoms with van der Waals surface area (Å²) in [7, 11) is 0. The molecule has 0 aromatic carbocycles. The van der Waals surface area contributed by atoms with E-state index >= 15 is 0 Å². The van der Waals surface area contributed by atoms with Crippen LogP contribution in [0.5, 0.6) is 0 Å². The maximum Gasteiger partial charge on any atom is 1.00 e. The first-order valence-corrected chi connectivity index (χ1v) is 2.41. The molecule has 0 N–H and O–H groups in total. The Labute approximate surface area is 110 Å². The van der Waals surface area contributed by atoms with E-state index in [1.165, 1.54) is 6.92 Å². The van der Waals surface area contributed by atoms with Gasteiger partial charge >= 0.3 is 68.9 Å². The van der Waals surface area contributed by atoms with Gasteiger partial charge in [-0.3, -0.25) is 0 Å². The van der Waals surface area contributed by atoms with Gasteiger partial charge in [0.1, 0.15) is 0 Å². The predicted octanol–water partition coefficient (Wildman–Crippen LogP) is -3.48. The molecule has 0 saturated carbocycles. The molecule has 1 atom stereocenters. The van der Waals surface area contributed by atoms with Gasteiger partial charge in [0, 0.05) is 0 Å². The molecule has 0 aliphatic heterocycles. The van der Waals surface area contributed by atoms with Gasteiger partial charge in [-0.15, -0.1) is 0 Å². The van der Waals surface area contributed by atoms with E-state index in [0.717, 1.165) is 0 Å². The first-order chi connectivity index (χ1) is 2.64. The summed E-state index contributed by atoms with van der Waals surface area (Å²) in [5, 5.41) is 9.54. The first kappa shape index (κ1) is 11.8. The van der Waals surface area contributed by atoms with Gasteiger partial charge in [0.05, 0.1) is 10.8 Å². The van der Waals surface area contributed by atoms with Crippen LogP contribution < -0.4 is 74.0 Å². The minimum Gasteiger partial charge on any atom is -0.549 e. The molecule has 36 valence electrons. The summed E-state index contributed by atoms with van der Waals surface area (Å²) in [4.78, 5) is 9.01. The Kier molecular flexibility index (Phi) is 10.3. The summed E-state index contributed by atoms with van der Waals surface area (Å²) in [5.74, 6) is -1.07. The van der Waals surface area contributed by atoms with Gasteiger partial charge in [-0.05, 0) is 6.92 Å². The number of rotatable bonds is 1. The SMILES string of the molecule is CC(Br)C(=O)[O-].[Cs+]. The molecular weight excluding hydrogens is 281 g/mol. The Morgan fingerprint density at radius 2 is 2.00 bits per heavy atom. The molecule has 0 amide bonds. The number of carbonyl (C=O) groups excluding carboxylic acids is 1. The molecule has 0 radical (unpaired) electrons. The number of hydrogen-bond donors (Lipinski definition) is 0. The zero-order valence-corrected chi connectivity index (χ0v) is 12.1. The maximum absolute atomic E-state index is 9.54. The topological polar surface area (TPSA) is 40.1 Å². The van der Waals surface area contributed by atoms with Crippen molar-refractivity contribution in [2.24, 2.45) is 0 Å². The van der Waals surface area contributed by atoms with E-state index in [4.69, 9.17) is 0 Å². The Bertz CT molecular complexity index is 64.0. The molecule has 1 unspecified atom stereocenters. The smallest absolute Gasteiger partial charge is 0.549 e. The summed E-state index contributed by atoms with van der Waals surface area (Å²) < 4.78 is 0. The van der Waals surface area contributed by atoms with Crippen LogP contribution in [0.3, 0.4) is 0 Å². The zero-order valence-electron chi connectivity index (χ0n) is 4.27. The largest absolute Gasteiger partial charge is 1.00 e. The summed E-state index contributed by atoms with van der Waals surface area (Å²) in [6.45, 7) is 1.50. The summed E-state index contributed by atoms with van der Waals surface area (Å²) in [6.07, 6.45) is 0. The second-order valence-corrected chi connectivity index (χ2v) is 2.31. The van der Waals surface area contributed by atoms with E-state index in [9.17, 15) is 9.90 Å². The normalized spacial score (nSPS) is 11.7. The maximum atomic E-state index is 9.54. The standard InChI is InChI=1S/C3H5BrO2.Cs/c1-2(4)3(5)6;/h2H,1H3,(H,5,6);/q;+1/p-1. The number of hydrogen-bond acceptors (Lipinski definition) is 2. The van der Waals surface area contributed by atoms with Gasteiger partial charge in [-0.2, -0.15) is 0 Å². The molecule has 0 aliphatic carbocycles. The van der Waals surface area contributed by atoms with Crippen LogP contribution in [0.4, 0.5) is 0 Å². The van der Waals surface area contributed by atoms with Crippen molar-refractivity contribution in [3.8, 4) is 0 Å². The molecule has 0 aromatic heterocycles. The fourth-order valence-electron chi connectivity index (χ4n) is 0. The zero-order chi connectivity index (χ0) is 5.15. The number of carboxylic acid groups (broad SMARTS) is 1. The van der Waals surface area contributed by atoms with Crippen molar-refractivity contribution in [3.63, 3.8) is 0 Å². The number of carboxylic acids is 1. The van der Waals surface area contributed by atoms with Crippen molar-refractivity contribution in [1.29, 1.82) is 0 Å². The van der Waals surface area contributed by atoms with Crippen molar-refractivity contribution in [2.75, 3.05) is 0 Å². The monoisotopic (exact) mass is 284 g/mol. The van der Waals surface area contributed by atoms with E-state index < -0.39 is 10.8 Å². The van der Waals surface area contributed by atoms with Crippen molar-refractivity contribution in [2.45, 2.75) is 11.8 Å². The quantitative estimate of drug-likeness (QED) is 0.470. The van der Waals surface area contributed by atoms with Crippen LogP contribution >= 0.6 is 15.9 Å². The molecule has 0 fully saturated rings. The van der Waals surface area contributed by atoms with Gasteiger partial charge in [0.2, 0.25) is 0 Å². The first-order valence-electron chi connectivity index (χ1n) is 1.49. The van der Waals surface area contributed by atoms with Gasteiger partial charge in [-0.25, -0.2) is 0 Å². The minimum atomic E-state index is -1.07. The summed E-state index contributed by atoms with van der Waals surface area (Å²) >= 11 is 2.78. The number of aliphatic carboxylic acids is 1. The third-order valence-electron chi connectivity index (χ3n) is 0.325. The van der Waals surface area contributed by atoms with Crippen LogP contribution in [-0.2, 0) is 4.79 Å². The van der Waals surface area contributed by atoms with E-state index in [1.807, 2.05) is 0 Å². The Hall–Kier alpha value is 2.00. The summed E-state index contributed by atoms with van der Waals surface area (Å²) in [6, 6.07) is 0. The molecule has 0 heterocycles. The van der Waals surface area contributed by atoms with Crippen molar-refractivity contribution in [3.05, 3.63) is 0 Å². The van der Waals surface area contributed by atoms with E-state index in [2.05, 4.69) is 15.9 Å². The van der Waals surface area contributed by atoms with Crippen LogP contribution in [0.2, 0.25) is 0 Å². The molecule has 0 aliphatic rings. The molecule has 0 rings (SSSR count). The molecule has 7 heavy (non-hydrogen) atoms. The molecule has 0 bridgehead atoms. The van der Waals surface area contributed by atoms with Gasteiger partial charge < -0.3 is 9.90 Å². The van der Waals surface area contributed by atoms with Crippen molar-refractivity contribution in [1.82, 2.24) is 0 Å². The average molecular weight is 285 g/mol. The van der Waals surface area contributed by atoms with Crippen molar-refractivity contribution >= 4 is 21.9 Å². The number of carbonyl (C=O) groups is 1. The van der Waals surface area contributed by atoms with Gasteiger partial charge in [-0.1, -0.05) is 15.9 Å². The number of alkyl halides is 1. The fraction of sp³-hybridized carbons (Fsp3) is 0.667. The molecule has 0 saturated heterocycles.